The summed E-state index contributed by atoms with van der Waals surface area (Å²) in [4.78, 5) is 51.9. The number of benzene rings is 12. The molecule has 102 heavy (non-hydrogen) atoms. The highest BCUT2D eigenvalue weighted by molar-refractivity contribution is 6.09. The maximum absolute atomic E-state index is 15.0. The molecule has 6 amide bonds. The first-order valence-electron chi connectivity index (χ1n) is 34.4. The first-order chi connectivity index (χ1) is 49.9. The van der Waals surface area contributed by atoms with E-state index in [0.717, 1.165) is 64.5 Å². The minimum absolute atomic E-state index is 0.300. The van der Waals surface area contributed by atoms with Crippen molar-refractivity contribution >= 4 is 80.7 Å². The topological polar surface area (TPSA) is 160 Å². The molecule has 0 aliphatic carbocycles. The van der Waals surface area contributed by atoms with Crippen LogP contribution in [0.4, 0.5) is 76.9 Å². The molecule has 12 aromatic rings. The third-order valence-electron chi connectivity index (χ3n) is 17.6. The van der Waals surface area contributed by atoms with E-state index in [0.29, 0.717) is 72.5 Å². The summed E-state index contributed by atoms with van der Waals surface area (Å²) in [6, 6.07) is 98.8. The van der Waals surface area contributed by atoms with Crippen LogP contribution in [0.1, 0.15) is 50.1 Å². The Morgan fingerprint density at radius 2 is 0.794 bits per heavy atom. The van der Waals surface area contributed by atoms with Crippen molar-refractivity contribution in [3.05, 3.63) is 353 Å². The largest absolute Gasteiger partial charge is 0.381 e. The molecule has 0 saturated heterocycles. The van der Waals surface area contributed by atoms with Gasteiger partial charge in [0.25, 0.3) is 0 Å². The Morgan fingerprint density at radius 3 is 1.40 bits per heavy atom. The van der Waals surface area contributed by atoms with E-state index in [4.69, 9.17) is 0 Å². The second-order valence-electron chi connectivity index (χ2n) is 25.6. The summed E-state index contributed by atoms with van der Waals surface area (Å²) < 4.78 is 0. The molecule has 0 aromatic heterocycles. The van der Waals surface area contributed by atoms with Crippen LogP contribution in [0.15, 0.2) is 303 Å². The molecule has 0 saturated carbocycles. The van der Waals surface area contributed by atoms with Crippen LogP contribution < -0.4 is 57.2 Å². The Balaban J connectivity index is 0.792. The molecule has 0 atom stereocenters. The van der Waals surface area contributed by atoms with Gasteiger partial charge in [0.05, 0.1) is 11.4 Å². The van der Waals surface area contributed by atoms with Gasteiger partial charge in [-0.05, 0) is 172 Å². The summed E-state index contributed by atoms with van der Waals surface area (Å²) in [6.45, 7) is 7.57. The average Bonchev–Trinajstić information content (AvgIpc) is 0.805. The lowest BCUT2D eigenvalue weighted by molar-refractivity contribution is 0.258. The first-order valence-corrected chi connectivity index (χ1v) is 34.4. The predicted octanol–water partition coefficient (Wildman–Crippen LogP) is 19.7. The first kappa shape index (κ1) is 69.5. The van der Waals surface area contributed by atoms with E-state index in [2.05, 4.69) is 225 Å². The monoisotopic (exact) mass is 1350 g/mol. The number of carbonyl (C=O) groups is 3. The van der Waals surface area contributed by atoms with Crippen molar-refractivity contribution < 1.29 is 14.4 Å². The van der Waals surface area contributed by atoms with Crippen molar-refractivity contribution in [3.63, 3.8) is 0 Å². The molecule has 12 rings (SSSR count). The van der Waals surface area contributed by atoms with Gasteiger partial charge in [0, 0.05) is 118 Å². The maximum atomic E-state index is 15.0. The predicted molar refractivity (Wildman–Crippen MR) is 422 cm³/mol. The SMILES string of the molecule is Cc1c(CN(C)Cc2ccccc2)cc(N(C)Cc2ccccc2-c2cccc(NC(=O)Nc3cc(NC(=O)Nc4ccccc4)cc(N(C(=O)Nc4ccccc4)c4cccc(CNCc5cc(NCc6ccccc6)cc(NCc6ccccc6)c5)c4)c3)c2)cc1N(C)Cc1ccccc1. The molecule has 12 aromatic carbocycles. The highest BCUT2D eigenvalue weighted by Gasteiger charge is 2.23. The number of hydrogen-bond donors (Lipinski definition) is 8. The van der Waals surface area contributed by atoms with Gasteiger partial charge >= 0.3 is 18.1 Å². The van der Waals surface area contributed by atoms with Crippen molar-refractivity contribution in [2.75, 3.05) is 73.1 Å². The molecule has 0 heterocycles. The Kier molecular flexibility index (Phi) is 23.4. The fourth-order valence-electron chi connectivity index (χ4n) is 12.6. The van der Waals surface area contributed by atoms with Gasteiger partial charge in [0.1, 0.15) is 0 Å². The van der Waals surface area contributed by atoms with E-state index < -0.39 is 18.1 Å². The third-order valence-corrected chi connectivity index (χ3v) is 17.6. The van der Waals surface area contributed by atoms with Crippen LogP contribution in [0.25, 0.3) is 11.1 Å². The molecule has 15 heteroatoms. The zero-order chi connectivity index (χ0) is 70.4. The van der Waals surface area contributed by atoms with E-state index >= 15 is 4.79 Å². The van der Waals surface area contributed by atoms with Gasteiger partial charge in [-0.1, -0.05) is 206 Å². The van der Waals surface area contributed by atoms with E-state index in [1.165, 1.54) is 44.0 Å². The standard InChI is InChI=1S/C87H86N12O3/c1-63-72(61-96(2)59-66-31-15-7-16-32-66)49-81(54-84(63)98(4)60-67-33-17-8-18-34-67)97(3)62-71-36-23-24-44-83(71)70-37-26-42-75(48-70)92-86(101)94-79-51-78(93-85(100)91-73-38-19-9-20-39-73)52-82(53-79)99(87(102)95-74-40-21-10-22-41-74)80-43-25-35-68(47-80)55-88-56-69-45-76(89-57-64-27-11-5-12-28-64)50-77(46-69)90-58-65-29-13-6-14-30-65/h5-54,88-90H,55-62H2,1-4H3,(H,95,102)(H2,91,93,100)(H2,92,94,101). The molecule has 0 spiro atoms. The Bertz CT molecular complexity index is 4680. The van der Waals surface area contributed by atoms with E-state index in [1.807, 2.05) is 133 Å². The molecular formula is C87H86N12O3. The number of para-hydroxylation sites is 2. The Morgan fingerprint density at radius 1 is 0.314 bits per heavy atom. The number of rotatable bonds is 28. The highest BCUT2D eigenvalue weighted by atomic mass is 16.2. The fraction of sp³-hybridized carbons (Fsp3) is 0.138. The van der Waals surface area contributed by atoms with Gasteiger partial charge in [-0.2, -0.15) is 0 Å². The van der Waals surface area contributed by atoms with Crippen molar-refractivity contribution in [2.24, 2.45) is 0 Å². The zero-order valence-corrected chi connectivity index (χ0v) is 58.0. The van der Waals surface area contributed by atoms with Crippen LogP contribution in [0.2, 0.25) is 0 Å². The van der Waals surface area contributed by atoms with Crippen molar-refractivity contribution in [2.45, 2.75) is 59.3 Å². The van der Waals surface area contributed by atoms with Crippen LogP contribution >= 0.6 is 0 Å². The number of nitrogens with one attached hydrogen (secondary N) is 8. The fourth-order valence-corrected chi connectivity index (χ4v) is 12.6. The van der Waals surface area contributed by atoms with Crippen molar-refractivity contribution in [1.82, 2.24) is 10.2 Å². The summed E-state index contributed by atoms with van der Waals surface area (Å²) >= 11 is 0. The lowest BCUT2D eigenvalue weighted by Crippen LogP contribution is -2.31. The molecule has 15 nitrogen and oxygen atoms in total. The molecule has 0 aliphatic heterocycles. The highest BCUT2D eigenvalue weighted by Crippen LogP contribution is 2.36. The van der Waals surface area contributed by atoms with E-state index in [-0.39, 0.29) is 0 Å². The molecule has 0 fully saturated rings. The van der Waals surface area contributed by atoms with E-state index in [9.17, 15) is 9.59 Å². The number of anilines is 11. The van der Waals surface area contributed by atoms with Crippen LogP contribution in [-0.4, -0.2) is 44.1 Å². The lowest BCUT2D eigenvalue weighted by atomic mass is 9.98. The van der Waals surface area contributed by atoms with E-state index in [1.54, 1.807) is 30.3 Å². The maximum Gasteiger partial charge on any atom is 0.330 e. The molecule has 8 N–H and O–H groups in total. The van der Waals surface area contributed by atoms with Gasteiger partial charge in [-0.15, -0.1) is 0 Å². The second kappa shape index (κ2) is 34.4. The summed E-state index contributed by atoms with van der Waals surface area (Å²) in [5.74, 6) is 0. The minimum atomic E-state index is -0.542. The third kappa shape index (κ3) is 19.7. The second-order valence-corrected chi connectivity index (χ2v) is 25.6. The van der Waals surface area contributed by atoms with Gasteiger partial charge in [-0.25, -0.2) is 14.4 Å². The minimum Gasteiger partial charge on any atom is -0.381 e. The van der Waals surface area contributed by atoms with Gasteiger partial charge in [-0.3, -0.25) is 9.80 Å². The quantitative estimate of drug-likeness (QED) is 0.0239. The average molecular weight is 1350 g/mol. The summed E-state index contributed by atoms with van der Waals surface area (Å²) in [5, 5.41) is 26.0. The normalized spacial score (nSPS) is 10.9. The molecule has 0 radical (unpaired) electrons. The number of carbonyl (C=O) groups excluding carboxylic acids is 3. The van der Waals surface area contributed by atoms with Gasteiger partial charge in [0.15, 0.2) is 0 Å². The lowest BCUT2D eigenvalue weighted by Gasteiger charge is -2.29. The van der Waals surface area contributed by atoms with Crippen molar-refractivity contribution in [1.29, 1.82) is 0 Å². The Hall–Kier alpha value is -12.4. The molecular weight excluding hydrogens is 1260 g/mol. The van der Waals surface area contributed by atoms with Gasteiger partial charge in [0.2, 0.25) is 0 Å². The smallest absolute Gasteiger partial charge is 0.330 e. The molecule has 0 unspecified atom stereocenters. The summed E-state index contributed by atoms with van der Waals surface area (Å²) in [5.41, 5.74) is 19.9. The Labute approximate surface area is 598 Å². The van der Waals surface area contributed by atoms with Gasteiger partial charge < -0.3 is 52.3 Å². The summed E-state index contributed by atoms with van der Waals surface area (Å²) in [6.07, 6.45) is 0. The molecule has 0 bridgehead atoms. The van der Waals surface area contributed by atoms with Crippen LogP contribution in [0.3, 0.4) is 0 Å². The summed E-state index contributed by atoms with van der Waals surface area (Å²) in [7, 11) is 6.50. The number of nitrogens with zero attached hydrogens (tertiary/aromatic N) is 4. The number of hydrogen-bond acceptors (Lipinski definition) is 9. The number of urea groups is 3. The van der Waals surface area contributed by atoms with Crippen LogP contribution in [0.5, 0.6) is 0 Å². The number of amides is 6. The molecule has 512 valence electrons. The van der Waals surface area contributed by atoms with Crippen molar-refractivity contribution in [3.8, 4) is 11.1 Å². The zero-order valence-electron chi connectivity index (χ0n) is 58.0. The van der Waals surface area contributed by atoms with Crippen LogP contribution in [-0.2, 0) is 52.4 Å². The molecule has 0 aliphatic rings. The van der Waals surface area contributed by atoms with Crippen LogP contribution in [0, 0.1) is 6.92 Å².